The number of hydrogen-bond acceptors (Lipinski definition) is 2. The summed E-state index contributed by atoms with van der Waals surface area (Å²) in [6, 6.07) is 3.93. The molecule has 0 saturated heterocycles. The molecule has 1 rings (SSSR count). The molecule has 0 aromatic heterocycles. The second-order valence-electron chi connectivity index (χ2n) is 2.96. The average Bonchev–Trinajstić information content (AvgIpc) is 2.18. The van der Waals surface area contributed by atoms with Crippen LogP contribution in [0.3, 0.4) is 0 Å². The van der Waals surface area contributed by atoms with E-state index in [1.165, 1.54) is 6.07 Å². The van der Waals surface area contributed by atoms with Gasteiger partial charge < -0.3 is 5.73 Å². The highest BCUT2D eigenvalue weighted by Crippen LogP contribution is 2.32. The number of hydrazone groups is 1. The Morgan fingerprint density at radius 1 is 1.47 bits per heavy atom. The molecule has 0 spiro atoms. The highest BCUT2D eigenvalue weighted by atomic mass is 127. The number of halogens is 4. The van der Waals surface area contributed by atoms with Gasteiger partial charge in [-0.05, 0) is 46.9 Å². The smallest absolute Gasteiger partial charge is 0.375 e. The maximum absolute atomic E-state index is 12.7. The fraction of sp³-hybridized carbons (Fsp3) is 0.111. The number of nitrogens with two attached hydrogens (primary N) is 1. The van der Waals surface area contributed by atoms with Gasteiger partial charge in [0.25, 0.3) is 0 Å². The van der Waals surface area contributed by atoms with Gasteiger partial charge in [-0.2, -0.15) is 18.3 Å². The molecule has 3 nitrogen and oxygen atoms in total. The van der Waals surface area contributed by atoms with Gasteiger partial charge in [-0.3, -0.25) is 5.43 Å². The van der Waals surface area contributed by atoms with E-state index in [0.717, 1.165) is 12.3 Å². The van der Waals surface area contributed by atoms with Crippen LogP contribution in [0.25, 0.3) is 0 Å². The lowest BCUT2D eigenvalue weighted by molar-refractivity contribution is -0.137. The Balaban J connectivity index is 3.07. The van der Waals surface area contributed by atoms with Gasteiger partial charge in [0.1, 0.15) is 0 Å². The largest absolute Gasteiger partial charge is 0.417 e. The van der Waals surface area contributed by atoms with Crippen molar-refractivity contribution in [3.63, 3.8) is 0 Å². The lowest BCUT2D eigenvalue weighted by Gasteiger charge is -2.10. The summed E-state index contributed by atoms with van der Waals surface area (Å²) >= 11 is 6.28. The van der Waals surface area contributed by atoms with Crippen LogP contribution in [-0.4, -0.2) is 11.3 Å². The molecule has 0 unspecified atom stereocenters. The van der Waals surface area contributed by atoms with E-state index in [-0.39, 0.29) is 10.7 Å². The molecular formula is C9H7F3IN3S. The molecule has 8 heteroatoms. The number of nitrogens with one attached hydrogen (secondary N) is 1. The first kappa shape index (κ1) is 14.2. The Kier molecular flexibility index (Phi) is 4.69. The standard InChI is InChI=1S/C9H7F3IN3S/c10-9(11,12)7-3-6(13)2-1-5(7)4-15-16-8(14)17/h1-4H,(H3,14,16,17). The summed E-state index contributed by atoms with van der Waals surface area (Å²) in [5.41, 5.74) is 6.48. The summed E-state index contributed by atoms with van der Waals surface area (Å²) in [4.78, 5) is 0. The molecule has 92 valence electrons. The zero-order valence-corrected chi connectivity index (χ0v) is 11.2. The van der Waals surface area contributed by atoms with E-state index in [1.807, 2.05) is 22.6 Å². The van der Waals surface area contributed by atoms with E-state index >= 15 is 0 Å². The summed E-state index contributed by atoms with van der Waals surface area (Å²) in [7, 11) is 0. The van der Waals surface area contributed by atoms with E-state index in [4.69, 9.17) is 5.73 Å². The first-order valence-corrected chi connectivity index (χ1v) is 5.74. The first-order valence-electron chi connectivity index (χ1n) is 4.26. The van der Waals surface area contributed by atoms with Crippen molar-refractivity contribution < 1.29 is 13.2 Å². The van der Waals surface area contributed by atoms with Crippen molar-refractivity contribution >= 4 is 46.1 Å². The van der Waals surface area contributed by atoms with E-state index in [9.17, 15) is 13.2 Å². The van der Waals surface area contributed by atoms with Gasteiger partial charge in [-0.1, -0.05) is 6.07 Å². The number of thiocarbonyl (C=S) groups is 1. The van der Waals surface area contributed by atoms with Crippen LogP contribution in [-0.2, 0) is 6.18 Å². The van der Waals surface area contributed by atoms with E-state index in [2.05, 4.69) is 22.7 Å². The van der Waals surface area contributed by atoms with Crippen molar-refractivity contribution in [2.45, 2.75) is 6.18 Å². The summed E-state index contributed by atoms with van der Waals surface area (Å²) in [5.74, 6) is 0. The van der Waals surface area contributed by atoms with Gasteiger partial charge in [0.05, 0.1) is 11.8 Å². The molecule has 0 bridgehead atoms. The van der Waals surface area contributed by atoms with Crippen LogP contribution in [0.2, 0.25) is 0 Å². The quantitative estimate of drug-likeness (QED) is 0.363. The zero-order valence-electron chi connectivity index (χ0n) is 8.25. The summed E-state index contributed by atoms with van der Waals surface area (Å²) in [6.45, 7) is 0. The third kappa shape index (κ3) is 4.46. The molecule has 0 aliphatic rings. The fourth-order valence-corrected chi connectivity index (χ4v) is 1.60. The molecule has 0 amide bonds. The highest BCUT2D eigenvalue weighted by molar-refractivity contribution is 14.1. The normalized spacial score (nSPS) is 11.8. The predicted octanol–water partition coefficient (Wildman–Crippen LogP) is 2.48. The molecule has 0 aliphatic carbocycles. The average molecular weight is 373 g/mol. The van der Waals surface area contributed by atoms with Crippen LogP contribution in [0.5, 0.6) is 0 Å². The minimum absolute atomic E-state index is 0.0540. The van der Waals surface area contributed by atoms with Crippen molar-refractivity contribution in [3.05, 3.63) is 32.9 Å². The summed E-state index contributed by atoms with van der Waals surface area (Å²) in [5, 5.41) is 3.39. The number of benzene rings is 1. The Hall–Kier alpha value is -0.900. The molecule has 0 saturated carbocycles. The SMILES string of the molecule is NC(=S)NN=Cc1ccc(I)cc1C(F)(F)F. The van der Waals surface area contributed by atoms with E-state index in [0.29, 0.717) is 3.57 Å². The molecule has 0 aliphatic heterocycles. The highest BCUT2D eigenvalue weighted by Gasteiger charge is 2.33. The molecule has 0 radical (unpaired) electrons. The molecule has 3 N–H and O–H groups in total. The van der Waals surface area contributed by atoms with Crippen LogP contribution in [0.4, 0.5) is 13.2 Å². The molecule has 1 aromatic carbocycles. The van der Waals surface area contributed by atoms with Crippen LogP contribution in [0.15, 0.2) is 23.3 Å². The number of nitrogens with zero attached hydrogens (tertiary/aromatic N) is 1. The third-order valence-electron chi connectivity index (χ3n) is 1.70. The number of rotatable bonds is 2. The van der Waals surface area contributed by atoms with Crippen LogP contribution >= 0.6 is 34.8 Å². The second kappa shape index (κ2) is 5.63. The molecule has 17 heavy (non-hydrogen) atoms. The number of hydrogen-bond donors (Lipinski definition) is 2. The maximum atomic E-state index is 12.7. The van der Waals surface area contributed by atoms with Crippen molar-refractivity contribution in [2.75, 3.05) is 0 Å². The molecule has 0 fully saturated rings. The van der Waals surface area contributed by atoms with Crippen molar-refractivity contribution in [3.8, 4) is 0 Å². The topological polar surface area (TPSA) is 50.4 Å². The lowest BCUT2D eigenvalue weighted by Crippen LogP contribution is -2.24. The van der Waals surface area contributed by atoms with Crippen LogP contribution in [0, 0.1) is 3.57 Å². The van der Waals surface area contributed by atoms with Gasteiger partial charge in [0.15, 0.2) is 5.11 Å². The predicted molar refractivity (Wildman–Crippen MR) is 71.7 cm³/mol. The van der Waals surface area contributed by atoms with Gasteiger partial charge in [-0.15, -0.1) is 0 Å². The Bertz CT molecular complexity index is 459. The molecule has 0 heterocycles. The molecule has 1 aromatic rings. The first-order chi connectivity index (χ1) is 7.80. The lowest BCUT2D eigenvalue weighted by atomic mass is 10.1. The Labute approximate surface area is 114 Å². The second-order valence-corrected chi connectivity index (χ2v) is 4.65. The van der Waals surface area contributed by atoms with Crippen molar-refractivity contribution in [2.24, 2.45) is 10.8 Å². The maximum Gasteiger partial charge on any atom is 0.417 e. The Morgan fingerprint density at radius 3 is 2.65 bits per heavy atom. The van der Waals surface area contributed by atoms with E-state index in [1.54, 1.807) is 6.07 Å². The summed E-state index contributed by atoms with van der Waals surface area (Å²) < 4.78 is 38.5. The number of alkyl halides is 3. The third-order valence-corrected chi connectivity index (χ3v) is 2.46. The van der Waals surface area contributed by atoms with Crippen LogP contribution < -0.4 is 11.2 Å². The monoisotopic (exact) mass is 373 g/mol. The van der Waals surface area contributed by atoms with Crippen molar-refractivity contribution in [1.29, 1.82) is 0 Å². The minimum Gasteiger partial charge on any atom is -0.375 e. The van der Waals surface area contributed by atoms with Crippen LogP contribution in [0.1, 0.15) is 11.1 Å². The van der Waals surface area contributed by atoms with Gasteiger partial charge in [0, 0.05) is 9.13 Å². The van der Waals surface area contributed by atoms with Gasteiger partial charge in [-0.25, -0.2) is 0 Å². The minimum atomic E-state index is -4.42. The fourth-order valence-electron chi connectivity index (χ4n) is 1.05. The Morgan fingerprint density at radius 2 is 2.12 bits per heavy atom. The zero-order chi connectivity index (χ0) is 13.1. The van der Waals surface area contributed by atoms with Gasteiger partial charge >= 0.3 is 6.18 Å². The van der Waals surface area contributed by atoms with Crippen molar-refractivity contribution in [1.82, 2.24) is 5.43 Å². The molecule has 0 atom stereocenters. The van der Waals surface area contributed by atoms with E-state index < -0.39 is 11.7 Å². The summed E-state index contributed by atoms with van der Waals surface area (Å²) in [6.07, 6.45) is -3.40. The van der Waals surface area contributed by atoms with Gasteiger partial charge in [0.2, 0.25) is 0 Å². The molecular weight excluding hydrogens is 366 g/mol.